The lowest BCUT2D eigenvalue weighted by Crippen LogP contribution is -2.47. The predicted molar refractivity (Wildman–Crippen MR) is 138 cm³/mol. The summed E-state index contributed by atoms with van der Waals surface area (Å²) in [5.41, 5.74) is 3.32. The zero-order valence-corrected chi connectivity index (χ0v) is 22.0. The third kappa shape index (κ3) is 5.23. The summed E-state index contributed by atoms with van der Waals surface area (Å²) in [4.78, 5) is 17.0. The monoisotopic (exact) mass is 516 g/mol. The predicted octanol–water partition coefficient (Wildman–Crippen LogP) is 5.53. The summed E-state index contributed by atoms with van der Waals surface area (Å²) in [5, 5.41) is 2.53. The number of nitrogens with zero attached hydrogens (tertiary/aromatic N) is 2. The summed E-state index contributed by atoms with van der Waals surface area (Å²) in [5.74, 6) is -0.131. The number of rotatable bonds is 7. The first kappa shape index (κ1) is 24.9. The molecule has 5 nitrogen and oxygen atoms in total. The first-order valence-corrected chi connectivity index (χ1v) is 14.0. The smallest absolute Gasteiger partial charge is 0.243 e. The molecule has 0 saturated carbocycles. The molecule has 2 aromatic carbocycles. The van der Waals surface area contributed by atoms with E-state index >= 15 is 0 Å². The van der Waals surface area contributed by atoms with Gasteiger partial charge in [0.25, 0.3) is 0 Å². The molecule has 34 heavy (non-hydrogen) atoms. The van der Waals surface area contributed by atoms with Gasteiger partial charge in [0, 0.05) is 23.0 Å². The zero-order valence-electron chi connectivity index (χ0n) is 19.6. The maximum atomic E-state index is 13.7. The molecule has 2 heterocycles. The van der Waals surface area contributed by atoms with Gasteiger partial charge in [-0.05, 0) is 66.1 Å². The van der Waals surface area contributed by atoms with Gasteiger partial charge < -0.3 is 4.90 Å². The molecule has 8 heteroatoms. The Morgan fingerprint density at radius 1 is 1.12 bits per heavy atom. The van der Waals surface area contributed by atoms with E-state index in [1.807, 2.05) is 25.7 Å². The molecule has 0 radical (unpaired) electrons. The van der Waals surface area contributed by atoms with Crippen LogP contribution in [-0.4, -0.2) is 43.2 Å². The Balaban J connectivity index is 1.66. The lowest BCUT2D eigenvalue weighted by Gasteiger charge is -2.37. The van der Waals surface area contributed by atoms with Crippen molar-refractivity contribution in [2.45, 2.75) is 38.1 Å². The molecule has 3 aromatic rings. The number of carbonyl (C=O) groups is 1. The molecule has 0 saturated heterocycles. The van der Waals surface area contributed by atoms with E-state index in [0.717, 1.165) is 23.1 Å². The summed E-state index contributed by atoms with van der Waals surface area (Å²) in [6.07, 6.45) is 0.773. The van der Waals surface area contributed by atoms with Gasteiger partial charge in [-0.1, -0.05) is 55.3 Å². The largest absolute Gasteiger partial charge is 0.330 e. The number of sulfonamides is 1. The molecule has 0 bridgehead atoms. The Bertz CT molecular complexity index is 1250. The van der Waals surface area contributed by atoms with Gasteiger partial charge in [0.1, 0.15) is 0 Å². The highest BCUT2D eigenvalue weighted by molar-refractivity contribution is 7.89. The normalized spacial score (nSPS) is 16.2. The Labute approximate surface area is 211 Å². The molecule has 1 aromatic heterocycles. The summed E-state index contributed by atoms with van der Waals surface area (Å²) >= 11 is 7.67. The van der Waals surface area contributed by atoms with Crippen molar-refractivity contribution >= 4 is 38.9 Å². The Hall–Kier alpha value is -2.19. The fourth-order valence-corrected chi connectivity index (χ4v) is 6.93. The van der Waals surface area contributed by atoms with Crippen LogP contribution in [0.1, 0.15) is 41.5 Å². The van der Waals surface area contributed by atoms with E-state index in [-0.39, 0.29) is 35.9 Å². The van der Waals surface area contributed by atoms with Crippen molar-refractivity contribution in [1.29, 1.82) is 0 Å². The van der Waals surface area contributed by atoms with E-state index in [0.29, 0.717) is 11.6 Å². The van der Waals surface area contributed by atoms with Gasteiger partial charge >= 0.3 is 0 Å². The summed E-state index contributed by atoms with van der Waals surface area (Å²) in [6, 6.07) is 16.2. The van der Waals surface area contributed by atoms with Crippen molar-refractivity contribution in [2.24, 2.45) is 5.92 Å². The molecule has 180 valence electrons. The van der Waals surface area contributed by atoms with E-state index < -0.39 is 10.0 Å². The van der Waals surface area contributed by atoms with Gasteiger partial charge in [-0.2, -0.15) is 4.31 Å². The fourth-order valence-electron chi connectivity index (χ4n) is 4.35. The maximum absolute atomic E-state index is 13.7. The van der Waals surface area contributed by atoms with Crippen molar-refractivity contribution < 1.29 is 13.2 Å². The molecule has 1 amide bonds. The van der Waals surface area contributed by atoms with Crippen molar-refractivity contribution in [3.05, 3.63) is 86.6 Å². The van der Waals surface area contributed by atoms with Crippen LogP contribution in [0.4, 0.5) is 0 Å². The molecular weight excluding hydrogens is 488 g/mol. The molecule has 1 unspecified atom stereocenters. The number of aryl methyl sites for hydroxylation is 1. The van der Waals surface area contributed by atoms with Gasteiger partial charge in [-0.3, -0.25) is 4.79 Å². The number of thiophene rings is 1. The van der Waals surface area contributed by atoms with Crippen molar-refractivity contribution in [1.82, 2.24) is 9.21 Å². The highest BCUT2D eigenvalue weighted by Crippen LogP contribution is 2.38. The fraction of sp³-hybridized carbons (Fsp3) is 0.346. The number of carbonyl (C=O) groups excluding carboxylic acids is 1. The van der Waals surface area contributed by atoms with E-state index in [4.69, 9.17) is 11.6 Å². The number of benzene rings is 2. The highest BCUT2D eigenvalue weighted by Gasteiger charge is 2.35. The van der Waals surface area contributed by atoms with Crippen LogP contribution >= 0.6 is 22.9 Å². The summed E-state index contributed by atoms with van der Waals surface area (Å²) in [7, 11) is -3.85. The molecule has 0 aliphatic carbocycles. The molecule has 1 aliphatic heterocycles. The van der Waals surface area contributed by atoms with Crippen LogP contribution in [0.2, 0.25) is 5.02 Å². The van der Waals surface area contributed by atoms with E-state index in [2.05, 4.69) is 35.7 Å². The molecule has 1 aliphatic rings. The third-order valence-electron chi connectivity index (χ3n) is 6.01. The zero-order chi connectivity index (χ0) is 24.5. The first-order valence-electron chi connectivity index (χ1n) is 11.3. The minimum absolute atomic E-state index is 0.0626. The second kappa shape index (κ2) is 10.2. The Morgan fingerprint density at radius 3 is 2.44 bits per heavy atom. The number of fused-ring (bicyclic) bond motifs is 1. The van der Waals surface area contributed by atoms with Crippen LogP contribution < -0.4 is 0 Å². The standard InChI is InChI=1S/C26H29ClN2O3S2/c1-18(2)16-28(34(31,32)22-10-8-21(27)9-11-22)17-25(30)29-14-12-24-23(13-15-33-24)26(29)20-6-4-19(3)5-7-20/h4-11,13,15,18,26H,12,14,16-17H2,1-3H3. The van der Waals surface area contributed by atoms with Crippen molar-refractivity contribution in [3.63, 3.8) is 0 Å². The van der Waals surface area contributed by atoms with Crippen molar-refractivity contribution in [2.75, 3.05) is 19.6 Å². The Kier molecular flexibility index (Phi) is 7.48. The van der Waals surface area contributed by atoms with Gasteiger partial charge in [0.05, 0.1) is 17.5 Å². The molecule has 0 spiro atoms. The van der Waals surface area contributed by atoms with Crippen LogP contribution in [-0.2, 0) is 21.2 Å². The van der Waals surface area contributed by atoms with Crippen LogP contribution in [0.3, 0.4) is 0 Å². The molecule has 0 fully saturated rings. The number of halogens is 1. The van der Waals surface area contributed by atoms with Crippen LogP contribution in [0.25, 0.3) is 0 Å². The molecule has 1 atom stereocenters. The SMILES string of the molecule is Cc1ccc(C2c3ccsc3CCN2C(=O)CN(CC(C)C)S(=O)(=O)c2ccc(Cl)cc2)cc1. The van der Waals surface area contributed by atoms with Crippen LogP contribution in [0.5, 0.6) is 0 Å². The second-order valence-electron chi connectivity index (χ2n) is 9.09. The summed E-state index contributed by atoms with van der Waals surface area (Å²) < 4.78 is 28.2. The average Bonchev–Trinajstić information content (AvgIpc) is 3.27. The summed E-state index contributed by atoms with van der Waals surface area (Å²) in [6.45, 7) is 6.54. The lowest BCUT2D eigenvalue weighted by atomic mass is 9.92. The minimum atomic E-state index is -3.85. The van der Waals surface area contributed by atoms with Gasteiger partial charge in [0.15, 0.2) is 0 Å². The minimum Gasteiger partial charge on any atom is -0.330 e. The number of hydrogen-bond donors (Lipinski definition) is 0. The molecule has 4 rings (SSSR count). The maximum Gasteiger partial charge on any atom is 0.243 e. The van der Waals surface area contributed by atoms with E-state index in [9.17, 15) is 13.2 Å². The van der Waals surface area contributed by atoms with Gasteiger partial charge in [-0.15, -0.1) is 11.3 Å². The van der Waals surface area contributed by atoms with Crippen LogP contribution in [0.15, 0.2) is 64.9 Å². The third-order valence-corrected chi connectivity index (χ3v) is 9.09. The highest BCUT2D eigenvalue weighted by atomic mass is 35.5. The number of hydrogen-bond acceptors (Lipinski definition) is 4. The topological polar surface area (TPSA) is 57.7 Å². The Morgan fingerprint density at radius 2 is 1.79 bits per heavy atom. The number of amides is 1. The second-order valence-corrected chi connectivity index (χ2v) is 12.5. The van der Waals surface area contributed by atoms with Crippen molar-refractivity contribution in [3.8, 4) is 0 Å². The van der Waals surface area contributed by atoms with E-state index in [1.54, 1.807) is 23.5 Å². The quantitative estimate of drug-likeness (QED) is 0.415. The van der Waals surface area contributed by atoms with Crippen LogP contribution in [0, 0.1) is 12.8 Å². The lowest BCUT2D eigenvalue weighted by molar-refractivity contribution is -0.133. The van der Waals surface area contributed by atoms with Gasteiger partial charge in [-0.25, -0.2) is 8.42 Å². The first-order chi connectivity index (χ1) is 16.2. The molecule has 0 N–H and O–H groups in total. The average molecular weight is 517 g/mol. The van der Waals surface area contributed by atoms with E-state index in [1.165, 1.54) is 21.3 Å². The molecular formula is C26H29ClN2O3S2. The van der Waals surface area contributed by atoms with Gasteiger partial charge in [0.2, 0.25) is 15.9 Å².